The van der Waals surface area contributed by atoms with Crippen molar-refractivity contribution in [1.29, 1.82) is 0 Å². The van der Waals surface area contributed by atoms with E-state index < -0.39 is 11.7 Å². The van der Waals surface area contributed by atoms with Crippen molar-refractivity contribution < 1.29 is 14.0 Å². The van der Waals surface area contributed by atoms with Gasteiger partial charge < -0.3 is 16.4 Å². The maximum Gasteiger partial charge on any atom is 0.248 e. The van der Waals surface area contributed by atoms with Crippen LogP contribution in [0, 0.1) is 18.7 Å². The highest BCUT2D eigenvalue weighted by Gasteiger charge is 2.17. The average molecular weight is 293 g/mol. The molecule has 1 heterocycles. The Balaban J connectivity index is 2.00. The Labute approximate surface area is 123 Å². The number of amides is 2. The van der Waals surface area contributed by atoms with Crippen LogP contribution < -0.4 is 16.4 Å². The van der Waals surface area contributed by atoms with Gasteiger partial charge in [-0.3, -0.25) is 9.59 Å². The Morgan fingerprint density at radius 1 is 1.48 bits per heavy atom. The first-order valence-electron chi connectivity index (χ1n) is 7.08. The summed E-state index contributed by atoms with van der Waals surface area (Å²) in [4.78, 5) is 23.1. The second-order valence-electron chi connectivity index (χ2n) is 5.44. The van der Waals surface area contributed by atoms with E-state index in [2.05, 4.69) is 10.6 Å². The summed E-state index contributed by atoms with van der Waals surface area (Å²) in [6.07, 6.45) is 2.27. The molecule has 1 unspecified atom stereocenters. The molecular formula is C15H20FN3O2. The number of nitrogens with two attached hydrogens (primary N) is 1. The van der Waals surface area contributed by atoms with E-state index in [1.165, 1.54) is 6.07 Å². The maximum absolute atomic E-state index is 13.7. The first-order valence-corrected chi connectivity index (χ1v) is 7.08. The topological polar surface area (TPSA) is 84.2 Å². The fourth-order valence-electron chi connectivity index (χ4n) is 2.46. The molecule has 0 radical (unpaired) electrons. The Bertz CT molecular complexity index is 554. The van der Waals surface area contributed by atoms with Crippen LogP contribution in [-0.4, -0.2) is 24.9 Å². The van der Waals surface area contributed by atoms with Crippen molar-refractivity contribution in [3.8, 4) is 0 Å². The van der Waals surface area contributed by atoms with E-state index in [9.17, 15) is 14.0 Å². The first-order chi connectivity index (χ1) is 9.97. The lowest BCUT2D eigenvalue weighted by Crippen LogP contribution is -2.17. The largest absolute Gasteiger partial charge is 0.366 e. The van der Waals surface area contributed by atoms with Gasteiger partial charge in [0.25, 0.3) is 0 Å². The van der Waals surface area contributed by atoms with Crippen molar-refractivity contribution in [2.75, 3.05) is 18.4 Å². The summed E-state index contributed by atoms with van der Waals surface area (Å²) < 4.78 is 13.7. The molecule has 1 aromatic carbocycles. The highest BCUT2D eigenvalue weighted by Crippen LogP contribution is 2.21. The van der Waals surface area contributed by atoms with Gasteiger partial charge >= 0.3 is 0 Å². The van der Waals surface area contributed by atoms with E-state index in [-0.39, 0.29) is 11.5 Å². The summed E-state index contributed by atoms with van der Waals surface area (Å²) in [5.41, 5.74) is 5.80. The molecule has 1 fully saturated rings. The average Bonchev–Trinajstić information content (AvgIpc) is 2.94. The highest BCUT2D eigenvalue weighted by molar-refractivity contribution is 5.97. The molecule has 0 saturated carbocycles. The molecule has 1 atom stereocenters. The normalized spacial score (nSPS) is 17.7. The molecule has 6 heteroatoms. The van der Waals surface area contributed by atoms with Gasteiger partial charge in [-0.05, 0) is 50.9 Å². The molecule has 1 aromatic rings. The molecular weight excluding hydrogens is 273 g/mol. The molecule has 2 amide bonds. The monoisotopic (exact) mass is 293 g/mol. The number of benzene rings is 1. The maximum atomic E-state index is 13.7. The van der Waals surface area contributed by atoms with Crippen LogP contribution in [0.2, 0.25) is 0 Å². The van der Waals surface area contributed by atoms with Crippen LogP contribution in [0.25, 0.3) is 0 Å². The smallest absolute Gasteiger partial charge is 0.248 e. The van der Waals surface area contributed by atoms with Crippen LogP contribution in [0.5, 0.6) is 0 Å². The molecule has 21 heavy (non-hydrogen) atoms. The standard InChI is InChI=1S/C15H20FN3O2/c1-9-12(16)6-11(15(17)21)7-13(9)19-14(20)3-2-10-4-5-18-8-10/h6-7,10,18H,2-5,8H2,1H3,(H2,17,21)(H,19,20). The van der Waals surface area contributed by atoms with E-state index >= 15 is 0 Å². The third kappa shape index (κ3) is 4.01. The second-order valence-corrected chi connectivity index (χ2v) is 5.44. The summed E-state index contributed by atoms with van der Waals surface area (Å²) in [7, 11) is 0. The van der Waals surface area contributed by atoms with Crippen LogP contribution in [-0.2, 0) is 4.79 Å². The molecule has 0 spiro atoms. The first kappa shape index (κ1) is 15.4. The van der Waals surface area contributed by atoms with Crippen LogP contribution in [0.15, 0.2) is 12.1 Å². The number of hydrogen-bond acceptors (Lipinski definition) is 3. The van der Waals surface area contributed by atoms with E-state index in [1.807, 2.05) is 0 Å². The quantitative estimate of drug-likeness (QED) is 0.770. The molecule has 1 saturated heterocycles. The zero-order valence-corrected chi connectivity index (χ0v) is 12.0. The van der Waals surface area contributed by atoms with Crippen molar-refractivity contribution in [3.05, 3.63) is 29.1 Å². The number of nitrogens with one attached hydrogen (secondary N) is 2. The molecule has 114 valence electrons. The fourth-order valence-corrected chi connectivity index (χ4v) is 2.46. The molecule has 0 aliphatic carbocycles. The zero-order chi connectivity index (χ0) is 15.4. The van der Waals surface area contributed by atoms with Gasteiger partial charge in [0, 0.05) is 23.2 Å². The van der Waals surface area contributed by atoms with Gasteiger partial charge in [0.2, 0.25) is 11.8 Å². The van der Waals surface area contributed by atoms with E-state index in [4.69, 9.17) is 5.73 Å². The lowest BCUT2D eigenvalue weighted by atomic mass is 10.0. The highest BCUT2D eigenvalue weighted by atomic mass is 19.1. The van der Waals surface area contributed by atoms with E-state index in [0.717, 1.165) is 32.0 Å². The summed E-state index contributed by atoms with van der Waals surface area (Å²) in [5.74, 6) is -0.931. The molecule has 2 rings (SSSR count). The number of hydrogen-bond donors (Lipinski definition) is 3. The van der Waals surface area contributed by atoms with Crippen molar-refractivity contribution in [1.82, 2.24) is 5.32 Å². The predicted molar refractivity (Wildman–Crippen MR) is 78.5 cm³/mol. The van der Waals surface area contributed by atoms with E-state index in [0.29, 0.717) is 23.6 Å². The van der Waals surface area contributed by atoms with Gasteiger partial charge in [0.15, 0.2) is 0 Å². The van der Waals surface area contributed by atoms with Gasteiger partial charge in [0.05, 0.1) is 0 Å². The summed E-state index contributed by atoms with van der Waals surface area (Å²) >= 11 is 0. The van der Waals surface area contributed by atoms with Crippen LogP contribution in [0.3, 0.4) is 0 Å². The number of anilines is 1. The number of carbonyl (C=O) groups is 2. The second kappa shape index (κ2) is 6.67. The molecule has 4 N–H and O–H groups in total. The number of primary amides is 1. The van der Waals surface area contributed by atoms with Crippen LogP contribution in [0.1, 0.15) is 35.2 Å². The molecule has 5 nitrogen and oxygen atoms in total. The molecule has 0 aromatic heterocycles. The fraction of sp³-hybridized carbons (Fsp3) is 0.467. The lowest BCUT2D eigenvalue weighted by Gasteiger charge is -2.12. The van der Waals surface area contributed by atoms with E-state index in [1.54, 1.807) is 6.92 Å². The van der Waals surface area contributed by atoms with Crippen molar-refractivity contribution in [2.45, 2.75) is 26.2 Å². The Kier molecular flexibility index (Phi) is 4.90. The SMILES string of the molecule is Cc1c(F)cc(C(N)=O)cc1NC(=O)CCC1CCNC1. The van der Waals surface area contributed by atoms with Crippen molar-refractivity contribution >= 4 is 17.5 Å². The van der Waals surface area contributed by atoms with Crippen LogP contribution in [0.4, 0.5) is 10.1 Å². The summed E-state index contributed by atoms with van der Waals surface area (Å²) in [6, 6.07) is 2.49. The Hall–Kier alpha value is -1.95. The van der Waals surface area contributed by atoms with Gasteiger partial charge in [0.1, 0.15) is 5.82 Å². The Morgan fingerprint density at radius 3 is 2.86 bits per heavy atom. The van der Waals surface area contributed by atoms with Crippen molar-refractivity contribution in [2.24, 2.45) is 11.7 Å². The summed E-state index contributed by atoms with van der Waals surface area (Å²) in [6.45, 7) is 3.49. The number of halogens is 1. The minimum atomic E-state index is -0.721. The zero-order valence-electron chi connectivity index (χ0n) is 12.0. The molecule has 1 aliphatic heterocycles. The third-order valence-electron chi connectivity index (χ3n) is 3.84. The van der Waals surface area contributed by atoms with Gasteiger partial charge in [-0.25, -0.2) is 4.39 Å². The van der Waals surface area contributed by atoms with Gasteiger partial charge in [-0.2, -0.15) is 0 Å². The lowest BCUT2D eigenvalue weighted by molar-refractivity contribution is -0.116. The third-order valence-corrected chi connectivity index (χ3v) is 3.84. The van der Waals surface area contributed by atoms with Crippen LogP contribution >= 0.6 is 0 Å². The molecule has 0 bridgehead atoms. The van der Waals surface area contributed by atoms with Gasteiger partial charge in [-0.15, -0.1) is 0 Å². The number of rotatable bonds is 5. The minimum Gasteiger partial charge on any atom is -0.366 e. The predicted octanol–water partition coefficient (Wildman–Crippen LogP) is 1.56. The Morgan fingerprint density at radius 2 is 2.24 bits per heavy atom. The molecule has 1 aliphatic rings. The van der Waals surface area contributed by atoms with Crippen molar-refractivity contribution in [3.63, 3.8) is 0 Å². The number of carbonyl (C=O) groups excluding carboxylic acids is 2. The van der Waals surface area contributed by atoms with Gasteiger partial charge in [-0.1, -0.05) is 0 Å². The minimum absolute atomic E-state index is 0.0494. The summed E-state index contributed by atoms with van der Waals surface area (Å²) in [5, 5.41) is 5.91.